The van der Waals surface area contributed by atoms with Crippen molar-refractivity contribution >= 4 is 23.2 Å². The van der Waals surface area contributed by atoms with Gasteiger partial charge in [0, 0.05) is 6.54 Å². The molecule has 0 fully saturated rings. The summed E-state index contributed by atoms with van der Waals surface area (Å²) in [6.07, 6.45) is -0.822. The van der Waals surface area contributed by atoms with E-state index in [2.05, 4.69) is 39.1 Å². The lowest BCUT2D eigenvalue weighted by Crippen LogP contribution is -2.11. The van der Waals surface area contributed by atoms with Crippen molar-refractivity contribution in [3.05, 3.63) is 89.2 Å². The number of hydrogen-bond donors (Lipinski definition) is 1. The van der Waals surface area contributed by atoms with E-state index in [1.165, 1.54) is 23.3 Å². The molecule has 0 aliphatic heterocycles. The van der Waals surface area contributed by atoms with Crippen LogP contribution in [0.15, 0.2) is 66.7 Å². The molecule has 3 nitrogen and oxygen atoms in total. The maximum absolute atomic E-state index is 12.7. The molecule has 0 aliphatic rings. The monoisotopic (exact) mass is 421 g/mol. The SMILES string of the molecule is CN(C)Cc1ccccc1-c1ccc2nc(/C=C/c3ccc(C(F)(F)F)cc3)[nH]c2c1. The Balaban J connectivity index is 1.59. The van der Waals surface area contributed by atoms with E-state index in [0.717, 1.165) is 35.3 Å². The number of H-pyrrole nitrogens is 1. The van der Waals surface area contributed by atoms with Crippen LogP contribution in [0.4, 0.5) is 13.2 Å². The van der Waals surface area contributed by atoms with Crippen LogP contribution < -0.4 is 0 Å². The van der Waals surface area contributed by atoms with Gasteiger partial charge < -0.3 is 9.88 Å². The number of benzene rings is 3. The van der Waals surface area contributed by atoms with Crippen LogP contribution in [-0.2, 0) is 12.7 Å². The number of fused-ring (bicyclic) bond motifs is 1. The fourth-order valence-electron chi connectivity index (χ4n) is 3.51. The molecule has 0 spiro atoms. The standard InChI is InChI=1S/C25H22F3N3/c1-31(2)16-19-5-3-4-6-21(19)18-10-13-22-23(15-18)30-24(29-22)14-9-17-7-11-20(12-8-17)25(26,27)28/h3-15H,16H2,1-2H3,(H,29,30)/b14-9+. The van der Waals surface area contributed by atoms with Gasteiger partial charge >= 0.3 is 6.18 Å². The fraction of sp³-hybridized carbons (Fsp3) is 0.160. The van der Waals surface area contributed by atoms with Crippen LogP contribution in [0.25, 0.3) is 34.3 Å². The van der Waals surface area contributed by atoms with Crippen molar-refractivity contribution in [3.8, 4) is 11.1 Å². The summed E-state index contributed by atoms with van der Waals surface area (Å²) >= 11 is 0. The number of hydrogen-bond acceptors (Lipinski definition) is 2. The summed E-state index contributed by atoms with van der Waals surface area (Å²) in [4.78, 5) is 9.98. The Morgan fingerprint density at radius 1 is 0.935 bits per heavy atom. The summed E-state index contributed by atoms with van der Waals surface area (Å²) < 4.78 is 38.1. The van der Waals surface area contributed by atoms with E-state index in [9.17, 15) is 13.2 Å². The molecule has 0 bridgehead atoms. The number of nitrogens with one attached hydrogen (secondary N) is 1. The first-order valence-electron chi connectivity index (χ1n) is 9.88. The van der Waals surface area contributed by atoms with Crippen molar-refractivity contribution in [2.45, 2.75) is 12.7 Å². The van der Waals surface area contributed by atoms with Gasteiger partial charge in [-0.25, -0.2) is 4.98 Å². The van der Waals surface area contributed by atoms with Crippen molar-refractivity contribution in [3.63, 3.8) is 0 Å². The summed E-state index contributed by atoms with van der Waals surface area (Å²) in [6, 6.07) is 19.5. The molecule has 1 N–H and O–H groups in total. The second-order valence-corrected chi connectivity index (χ2v) is 7.70. The highest BCUT2D eigenvalue weighted by Gasteiger charge is 2.29. The van der Waals surface area contributed by atoms with Gasteiger partial charge in [0.05, 0.1) is 16.6 Å². The first-order chi connectivity index (χ1) is 14.8. The minimum Gasteiger partial charge on any atom is -0.338 e. The van der Waals surface area contributed by atoms with Crippen LogP contribution >= 0.6 is 0 Å². The highest BCUT2D eigenvalue weighted by atomic mass is 19.4. The zero-order chi connectivity index (χ0) is 22.0. The Morgan fingerprint density at radius 2 is 1.68 bits per heavy atom. The van der Waals surface area contributed by atoms with Gasteiger partial charge in [-0.3, -0.25) is 0 Å². The smallest absolute Gasteiger partial charge is 0.338 e. The lowest BCUT2D eigenvalue weighted by Gasteiger charge is -2.14. The van der Waals surface area contributed by atoms with Crippen LogP contribution in [0.1, 0.15) is 22.5 Å². The molecule has 0 radical (unpaired) electrons. The third kappa shape index (κ3) is 4.86. The van der Waals surface area contributed by atoms with Crippen LogP contribution in [-0.4, -0.2) is 29.0 Å². The van der Waals surface area contributed by atoms with Gasteiger partial charge in [0.15, 0.2) is 0 Å². The Hall–Kier alpha value is -3.38. The molecule has 0 amide bonds. The predicted molar refractivity (Wildman–Crippen MR) is 119 cm³/mol. The second kappa shape index (κ2) is 8.40. The highest BCUT2D eigenvalue weighted by molar-refractivity contribution is 5.84. The van der Waals surface area contributed by atoms with Crippen LogP contribution in [0, 0.1) is 0 Å². The van der Waals surface area contributed by atoms with Crippen LogP contribution in [0.3, 0.4) is 0 Å². The molecule has 0 saturated heterocycles. The Labute approximate surface area is 178 Å². The van der Waals surface area contributed by atoms with Gasteiger partial charge in [-0.1, -0.05) is 48.5 Å². The summed E-state index contributed by atoms with van der Waals surface area (Å²) in [7, 11) is 4.09. The van der Waals surface area contributed by atoms with Gasteiger partial charge in [0.2, 0.25) is 0 Å². The Morgan fingerprint density at radius 3 is 2.39 bits per heavy atom. The Bertz CT molecular complexity index is 1220. The summed E-state index contributed by atoms with van der Waals surface area (Å²) in [6.45, 7) is 0.846. The number of aromatic amines is 1. The molecule has 0 unspecified atom stereocenters. The normalized spacial score (nSPS) is 12.3. The van der Waals surface area contributed by atoms with E-state index in [-0.39, 0.29) is 0 Å². The summed E-state index contributed by atoms with van der Waals surface area (Å²) in [5.74, 6) is 0.647. The lowest BCUT2D eigenvalue weighted by molar-refractivity contribution is -0.137. The topological polar surface area (TPSA) is 31.9 Å². The molecule has 4 rings (SSSR count). The molecule has 0 saturated carbocycles. The molecular weight excluding hydrogens is 399 g/mol. The molecule has 1 heterocycles. The highest BCUT2D eigenvalue weighted by Crippen LogP contribution is 2.30. The summed E-state index contributed by atoms with van der Waals surface area (Å²) in [5, 5.41) is 0. The van der Waals surface area contributed by atoms with E-state index in [1.807, 2.05) is 32.3 Å². The minimum atomic E-state index is -4.33. The third-order valence-corrected chi connectivity index (χ3v) is 4.99. The number of imidazole rings is 1. The van der Waals surface area contributed by atoms with Gasteiger partial charge in [-0.2, -0.15) is 13.2 Å². The molecule has 158 valence electrons. The van der Waals surface area contributed by atoms with Crippen LogP contribution in [0.2, 0.25) is 0 Å². The molecule has 31 heavy (non-hydrogen) atoms. The van der Waals surface area contributed by atoms with Crippen LogP contribution in [0.5, 0.6) is 0 Å². The molecule has 1 aromatic heterocycles. The molecule has 0 aliphatic carbocycles. The first-order valence-corrected chi connectivity index (χ1v) is 9.88. The largest absolute Gasteiger partial charge is 0.416 e. The second-order valence-electron chi connectivity index (χ2n) is 7.70. The van der Waals surface area contributed by atoms with E-state index in [1.54, 1.807) is 12.2 Å². The molecule has 0 atom stereocenters. The summed E-state index contributed by atoms with van der Waals surface area (Å²) in [5.41, 5.74) is 5.28. The molecule has 3 aromatic carbocycles. The third-order valence-electron chi connectivity index (χ3n) is 4.99. The maximum Gasteiger partial charge on any atom is 0.416 e. The lowest BCUT2D eigenvalue weighted by atomic mass is 9.99. The molecular formula is C25H22F3N3. The van der Waals surface area contributed by atoms with Crippen molar-refractivity contribution in [1.82, 2.24) is 14.9 Å². The van der Waals surface area contributed by atoms with Crippen molar-refractivity contribution in [2.75, 3.05) is 14.1 Å². The van der Waals surface area contributed by atoms with E-state index in [0.29, 0.717) is 11.4 Å². The van der Waals surface area contributed by atoms with Gasteiger partial charge in [0.1, 0.15) is 5.82 Å². The average Bonchev–Trinajstić information content (AvgIpc) is 3.14. The number of nitrogens with zero attached hydrogens (tertiary/aromatic N) is 2. The Kier molecular flexibility index (Phi) is 5.65. The average molecular weight is 421 g/mol. The van der Waals surface area contributed by atoms with Crippen molar-refractivity contribution in [1.29, 1.82) is 0 Å². The number of aromatic nitrogens is 2. The fourth-order valence-corrected chi connectivity index (χ4v) is 3.51. The molecule has 4 aromatic rings. The van der Waals surface area contributed by atoms with E-state index < -0.39 is 11.7 Å². The molecule has 6 heteroatoms. The van der Waals surface area contributed by atoms with Gasteiger partial charge in [0.25, 0.3) is 0 Å². The van der Waals surface area contributed by atoms with E-state index >= 15 is 0 Å². The zero-order valence-corrected chi connectivity index (χ0v) is 17.2. The predicted octanol–water partition coefficient (Wildman–Crippen LogP) is 6.48. The van der Waals surface area contributed by atoms with E-state index in [4.69, 9.17) is 0 Å². The zero-order valence-electron chi connectivity index (χ0n) is 17.2. The quantitative estimate of drug-likeness (QED) is 0.400. The number of alkyl halides is 3. The van der Waals surface area contributed by atoms with Gasteiger partial charge in [-0.05, 0) is 66.7 Å². The first kappa shape index (κ1) is 20.9. The van der Waals surface area contributed by atoms with Gasteiger partial charge in [-0.15, -0.1) is 0 Å². The van der Waals surface area contributed by atoms with Crippen molar-refractivity contribution < 1.29 is 13.2 Å². The maximum atomic E-state index is 12.7. The minimum absolute atomic E-state index is 0.647. The number of halogens is 3. The van der Waals surface area contributed by atoms with Crippen molar-refractivity contribution in [2.24, 2.45) is 0 Å². The number of rotatable bonds is 5.